The first-order valence-corrected chi connectivity index (χ1v) is 8.77. The Morgan fingerprint density at radius 3 is 2.59 bits per heavy atom. The maximum absolute atomic E-state index is 12.7. The van der Waals surface area contributed by atoms with Crippen molar-refractivity contribution < 1.29 is 13.2 Å². The third-order valence-corrected chi connectivity index (χ3v) is 5.78. The Morgan fingerprint density at radius 1 is 1.09 bits per heavy atom. The van der Waals surface area contributed by atoms with Crippen molar-refractivity contribution in [3.8, 4) is 0 Å². The van der Waals surface area contributed by atoms with Gasteiger partial charge in [0.25, 0.3) is 0 Å². The maximum Gasteiger partial charge on any atom is 0.241 e. The zero-order chi connectivity index (χ0) is 15.7. The van der Waals surface area contributed by atoms with Crippen LogP contribution in [0.1, 0.15) is 19.3 Å². The van der Waals surface area contributed by atoms with Crippen LogP contribution in [0.3, 0.4) is 0 Å². The van der Waals surface area contributed by atoms with Gasteiger partial charge in [0, 0.05) is 11.4 Å². The molecule has 2 aromatic carbocycles. The number of primary amides is 1. The highest BCUT2D eigenvalue weighted by Gasteiger charge is 2.35. The molecule has 2 aromatic rings. The van der Waals surface area contributed by atoms with Crippen LogP contribution in [0.25, 0.3) is 10.8 Å². The molecule has 1 amide bonds. The van der Waals surface area contributed by atoms with E-state index in [2.05, 4.69) is 4.72 Å². The summed E-state index contributed by atoms with van der Waals surface area (Å²) >= 11 is 0. The molecule has 0 spiro atoms. The molecule has 22 heavy (non-hydrogen) atoms. The highest BCUT2D eigenvalue weighted by atomic mass is 32.2. The van der Waals surface area contributed by atoms with Gasteiger partial charge in [-0.05, 0) is 24.3 Å². The number of carbonyl (C=O) groups excluding carboxylic acids is 1. The first-order chi connectivity index (χ1) is 10.5. The van der Waals surface area contributed by atoms with E-state index in [1.807, 2.05) is 24.3 Å². The van der Waals surface area contributed by atoms with E-state index in [-0.39, 0.29) is 4.90 Å². The van der Waals surface area contributed by atoms with E-state index in [4.69, 9.17) is 5.73 Å². The standard InChI is InChI=1S/C16H18N2O3S/c17-16(19)13-8-4-9-14(13)18-22(20,21)15-10-3-6-11-5-1-2-7-12(11)15/h1-3,5-7,10,13-14,18H,4,8-9H2,(H2,17,19)/t13-,14+/m0/s1. The predicted octanol–water partition coefficient (Wildman–Crippen LogP) is 1.77. The summed E-state index contributed by atoms with van der Waals surface area (Å²) in [5.41, 5.74) is 5.36. The Morgan fingerprint density at radius 2 is 1.82 bits per heavy atom. The second kappa shape index (κ2) is 5.70. The Balaban J connectivity index is 1.97. The monoisotopic (exact) mass is 318 g/mol. The molecule has 0 heterocycles. The number of nitrogens with two attached hydrogens (primary N) is 1. The predicted molar refractivity (Wildman–Crippen MR) is 84.6 cm³/mol. The van der Waals surface area contributed by atoms with Crippen LogP contribution in [0.15, 0.2) is 47.4 Å². The average Bonchev–Trinajstić information content (AvgIpc) is 2.94. The third-order valence-electron chi connectivity index (χ3n) is 4.23. The molecule has 1 aliphatic carbocycles. The summed E-state index contributed by atoms with van der Waals surface area (Å²) in [5.74, 6) is -0.868. The van der Waals surface area contributed by atoms with Crippen LogP contribution in [-0.2, 0) is 14.8 Å². The minimum absolute atomic E-state index is 0.237. The first kappa shape index (κ1) is 15.0. The van der Waals surface area contributed by atoms with E-state index >= 15 is 0 Å². The molecule has 6 heteroatoms. The SMILES string of the molecule is NC(=O)[C@H]1CCC[C@H]1NS(=O)(=O)c1cccc2ccccc12. The van der Waals surface area contributed by atoms with Crippen LogP contribution in [0.2, 0.25) is 0 Å². The molecule has 2 atom stereocenters. The van der Waals surface area contributed by atoms with Gasteiger partial charge >= 0.3 is 0 Å². The smallest absolute Gasteiger partial charge is 0.241 e. The summed E-state index contributed by atoms with van der Waals surface area (Å²) < 4.78 is 28.1. The molecule has 0 bridgehead atoms. The van der Waals surface area contributed by atoms with Crippen LogP contribution < -0.4 is 10.5 Å². The van der Waals surface area contributed by atoms with Crippen LogP contribution in [0, 0.1) is 5.92 Å². The van der Waals surface area contributed by atoms with Gasteiger partial charge in [0.2, 0.25) is 15.9 Å². The number of sulfonamides is 1. The summed E-state index contributed by atoms with van der Waals surface area (Å²) in [7, 11) is -3.69. The molecule has 116 valence electrons. The van der Waals surface area contributed by atoms with Crippen LogP contribution in [0.4, 0.5) is 0 Å². The lowest BCUT2D eigenvalue weighted by atomic mass is 10.0. The van der Waals surface area contributed by atoms with Crippen molar-refractivity contribution in [2.45, 2.75) is 30.2 Å². The first-order valence-electron chi connectivity index (χ1n) is 7.28. The van der Waals surface area contributed by atoms with Gasteiger partial charge in [-0.3, -0.25) is 4.79 Å². The topological polar surface area (TPSA) is 89.3 Å². The fourth-order valence-corrected chi connectivity index (χ4v) is 4.68. The Hall–Kier alpha value is -1.92. The van der Waals surface area contributed by atoms with E-state index in [0.717, 1.165) is 11.8 Å². The Labute approximate surface area is 129 Å². The van der Waals surface area contributed by atoms with E-state index in [0.29, 0.717) is 18.2 Å². The summed E-state index contributed by atoms with van der Waals surface area (Å²) in [6.45, 7) is 0. The zero-order valence-corrected chi connectivity index (χ0v) is 12.8. The molecule has 0 radical (unpaired) electrons. The molecule has 0 aliphatic heterocycles. The van der Waals surface area contributed by atoms with Crippen molar-refractivity contribution in [2.75, 3.05) is 0 Å². The second-order valence-electron chi connectivity index (χ2n) is 5.64. The number of amides is 1. The van der Waals surface area contributed by atoms with Gasteiger partial charge in [0.1, 0.15) is 0 Å². The lowest BCUT2D eigenvalue weighted by molar-refractivity contribution is -0.122. The molecular weight excluding hydrogens is 300 g/mol. The molecule has 1 saturated carbocycles. The number of benzene rings is 2. The summed E-state index contributed by atoms with van der Waals surface area (Å²) in [5, 5.41) is 1.54. The highest BCUT2D eigenvalue weighted by Crippen LogP contribution is 2.28. The van der Waals surface area contributed by atoms with E-state index in [9.17, 15) is 13.2 Å². The molecule has 1 fully saturated rings. The van der Waals surface area contributed by atoms with Crippen molar-refractivity contribution >= 4 is 26.7 Å². The van der Waals surface area contributed by atoms with Gasteiger partial charge in [-0.15, -0.1) is 0 Å². The summed E-state index contributed by atoms with van der Waals surface area (Å²) in [4.78, 5) is 11.7. The molecule has 0 saturated heterocycles. The summed E-state index contributed by atoms with van der Waals surface area (Å²) in [6, 6.07) is 12.1. The molecule has 0 unspecified atom stereocenters. The van der Waals surface area contributed by atoms with E-state index < -0.39 is 27.9 Å². The lowest BCUT2D eigenvalue weighted by Gasteiger charge is -2.19. The van der Waals surface area contributed by atoms with E-state index in [1.54, 1.807) is 18.2 Å². The molecular formula is C16H18N2O3S. The van der Waals surface area contributed by atoms with Gasteiger partial charge in [0.15, 0.2) is 0 Å². The number of hydrogen-bond acceptors (Lipinski definition) is 3. The van der Waals surface area contributed by atoms with Gasteiger partial charge in [-0.1, -0.05) is 42.8 Å². The number of hydrogen-bond donors (Lipinski definition) is 2. The number of nitrogens with one attached hydrogen (secondary N) is 1. The summed E-state index contributed by atoms with van der Waals surface area (Å²) in [6.07, 6.45) is 2.08. The van der Waals surface area contributed by atoms with Crippen molar-refractivity contribution in [2.24, 2.45) is 11.7 Å². The fourth-order valence-electron chi connectivity index (χ4n) is 3.13. The lowest BCUT2D eigenvalue weighted by Crippen LogP contribution is -2.42. The number of rotatable bonds is 4. The van der Waals surface area contributed by atoms with Crippen LogP contribution in [0.5, 0.6) is 0 Å². The van der Waals surface area contributed by atoms with Crippen molar-refractivity contribution in [1.29, 1.82) is 0 Å². The van der Waals surface area contributed by atoms with Gasteiger partial charge in [-0.2, -0.15) is 0 Å². The zero-order valence-electron chi connectivity index (χ0n) is 12.0. The molecule has 1 aliphatic rings. The van der Waals surface area contributed by atoms with Crippen LogP contribution in [-0.4, -0.2) is 20.4 Å². The molecule has 5 nitrogen and oxygen atoms in total. The van der Waals surface area contributed by atoms with Crippen molar-refractivity contribution in [1.82, 2.24) is 4.72 Å². The van der Waals surface area contributed by atoms with Crippen molar-refractivity contribution in [3.05, 3.63) is 42.5 Å². The van der Waals surface area contributed by atoms with Crippen molar-refractivity contribution in [3.63, 3.8) is 0 Å². The Kier molecular flexibility index (Phi) is 3.88. The number of fused-ring (bicyclic) bond motifs is 1. The quantitative estimate of drug-likeness (QED) is 0.900. The molecule has 3 rings (SSSR count). The maximum atomic E-state index is 12.7. The van der Waals surface area contributed by atoms with Gasteiger partial charge < -0.3 is 5.73 Å². The normalized spacial score (nSPS) is 22.0. The average molecular weight is 318 g/mol. The molecule has 3 N–H and O–H groups in total. The molecule has 0 aromatic heterocycles. The minimum Gasteiger partial charge on any atom is -0.369 e. The minimum atomic E-state index is -3.69. The number of carbonyl (C=O) groups is 1. The largest absolute Gasteiger partial charge is 0.369 e. The third kappa shape index (κ3) is 2.71. The van der Waals surface area contributed by atoms with Gasteiger partial charge in [0.05, 0.1) is 10.8 Å². The Bertz CT molecular complexity index is 812. The highest BCUT2D eigenvalue weighted by molar-refractivity contribution is 7.89. The second-order valence-corrected chi connectivity index (χ2v) is 7.33. The fraction of sp³-hybridized carbons (Fsp3) is 0.312. The van der Waals surface area contributed by atoms with Gasteiger partial charge in [-0.25, -0.2) is 13.1 Å². The van der Waals surface area contributed by atoms with Crippen LogP contribution >= 0.6 is 0 Å². The van der Waals surface area contributed by atoms with E-state index in [1.165, 1.54) is 0 Å².